The predicted molar refractivity (Wildman–Crippen MR) is 94.9 cm³/mol. The molecule has 2 aromatic carbocycles. The van der Waals surface area contributed by atoms with Crippen molar-refractivity contribution in [3.63, 3.8) is 0 Å². The fraction of sp³-hybridized carbons (Fsp3) is 0.0500. The van der Waals surface area contributed by atoms with Crippen LogP contribution in [-0.2, 0) is 6.42 Å². The molecule has 0 aliphatic heterocycles. The molecule has 4 nitrogen and oxygen atoms in total. The first-order chi connectivity index (χ1) is 11.9. The highest BCUT2D eigenvalue weighted by atomic mass is 16.4. The van der Waals surface area contributed by atoms with Gasteiger partial charge in [-0.25, -0.2) is 4.98 Å². The standard InChI is InChI=1S/C20H15N3O/c1-3-7-17-14(5-1)13(10-21-17)9-20-23-12-19(24-20)16-11-22-18-8-4-2-6-15(16)18/h1-8,10-12,21-22H,9H2. The number of aromatic nitrogens is 3. The fourth-order valence-corrected chi connectivity index (χ4v) is 3.23. The molecule has 24 heavy (non-hydrogen) atoms. The smallest absolute Gasteiger partial charge is 0.199 e. The monoisotopic (exact) mass is 313 g/mol. The number of H-pyrrole nitrogens is 2. The van der Waals surface area contributed by atoms with Crippen LogP contribution in [0.15, 0.2) is 71.5 Å². The summed E-state index contributed by atoms with van der Waals surface area (Å²) in [6, 6.07) is 16.5. The molecule has 4 heteroatoms. The maximum Gasteiger partial charge on any atom is 0.199 e. The van der Waals surface area contributed by atoms with Gasteiger partial charge in [-0.15, -0.1) is 0 Å². The molecule has 0 aliphatic carbocycles. The summed E-state index contributed by atoms with van der Waals surface area (Å²) in [5.74, 6) is 1.52. The first-order valence-electron chi connectivity index (χ1n) is 7.95. The van der Waals surface area contributed by atoms with Crippen molar-refractivity contribution in [2.24, 2.45) is 0 Å². The zero-order valence-electron chi connectivity index (χ0n) is 12.9. The van der Waals surface area contributed by atoms with Crippen LogP contribution in [0.2, 0.25) is 0 Å². The van der Waals surface area contributed by atoms with E-state index >= 15 is 0 Å². The van der Waals surface area contributed by atoms with Crippen molar-refractivity contribution in [3.8, 4) is 11.3 Å². The first-order valence-corrected chi connectivity index (χ1v) is 7.95. The van der Waals surface area contributed by atoms with E-state index in [1.807, 2.05) is 36.7 Å². The summed E-state index contributed by atoms with van der Waals surface area (Å²) in [6.07, 6.45) is 6.48. The van der Waals surface area contributed by atoms with Gasteiger partial charge in [-0.2, -0.15) is 0 Å². The van der Waals surface area contributed by atoms with Crippen LogP contribution < -0.4 is 0 Å². The summed E-state index contributed by atoms with van der Waals surface area (Å²) in [5, 5.41) is 2.36. The topological polar surface area (TPSA) is 57.6 Å². The number of hydrogen-bond acceptors (Lipinski definition) is 2. The number of nitrogens with zero attached hydrogens (tertiary/aromatic N) is 1. The molecule has 5 aromatic rings. The number of oxazole rings is 1. The van der Waals surface area contributed by atoms with Gasteiger partial charge in [0.1, 0.15) is 0 Å². The van der Waals surface area contributed by atoms with Gasteiger partial charge in [0.15, 0.2) is 11.7 Å². The molecule has 3 heterocycles. The van der Waals surface area contributed by atoms with Gasteiger partial charge in [0.25, 0.3) is 0 Å². The highest BCUT2D eigenvalue weighted by Gasteiger charge is 2.13. The van der Waals surface area contributed by atoms with Gasteiger partial charge in [0.05, 0.1) is 12.6 Å². The Morgan fingerprint density at radius 1 is 0.833 bits per heavy atom. The number of hydrogen-bond donors (Lipinski definition) is 2. The second kappa shape index (κ2) is 5.13. The van der Waals surface area contributed by atoms with E-state index in [2.05, 4.69) is 39.2 Å². The van der Waals surface area contributed by atoms with E-state index in [4.69, 9.17) is 4.42 Å². The zero-order chi connectivity index (χ0) is 15.9. The molecule has 5 rings (SSSR count). The van der Waals surface area contributed by atoms with Crippen LogP contribution in [0.1, 0.15) is 11.5 Å². The number of fused-ring (bicyclic) bond motifs is 2. The fourth-order valence-electron chi connectivity index (χ4n) is 3.23. The highest BCUT2D eigenvalue weighted by Crippen LogP contribution is 2.30. The largest absolute Gasteiger partial charge is 0.440 e. The van der Waals surface area contributed by atoms with Crippen molar-refractivity contribution in [2.75, 3.05) is 0 Å². The van der Waals surface area contributed by atoms with E-state index in [1.54, 1.807) is 6.20 Å². The normalized spacial score (nSPS) is 11.5. The summed E-state index contributed by atoms with van der Waals surface area (Å²) in [7, 11) is 0. The Labute approximate surface area is 138 Å². The molecule has 116 valence electrons. The maximum absolute atomic E-state index is 6.01. The van der Waals surface area contributed by atoms with Gasteiger partial charge in [0, 0.05) is 39.8 Å². The second-order valence-electron chi connectivity index (χ2n) is 5.90. The molecule has 0 spiro atoms. The lowest BCUT2D eigenvalue weighted by Gasteiger charge is -1.96. The van der Waals surface area contributed by atoms with Crippen molar-refractivity contribution < 1.29 is 4.42 Å². The molecule has 0 amide bonds. The zero-order valence-corrected chi connectivity index (χ0v) is 12.9. The van der Waals surface area contributed by atoms with Crippen LogP contribution in [0.5, 0.6) is 0 Å². The minimum absolute atomic E-state index is 0.673. The Kier molecular flexibility index (Phi) is 2.82. The van der Waals surface area contributed by atoms with Crippen LogP contribution in [0, 0.1) is 0 Å². The molecule has 0 saturated carbocycles. The SMILES string of the molecule is c1ccc2c(Cc3ncc(-c4c[nH]c5ccccc45)o3)c[nH]c2c1. The molecule has 0 fully saturated rings. The van der Waals surface area contributed by atoms with Gasteiger partial charge in [-0.3, -0.25) is 0 Å². The summed E-state index contributed by atoms with van der Waals surface area (Å²) < 4.78 is 6.01. The van der Waals surface area contributed by atoms with Crippen LogP contribution in [0.4, 0.5) is 0 Å². The summed E-state index contributed by atoms with van der Waals surface area (Å²) in [6.45, 7) is 0. The summed E-state index contributed by atoms with van der Waals surface area (Å²) >= 11 is 0. The number of benzene rings is 2. The summed E-state index contributed by atoms with van der Waals surface area (Å²) in [4.78, 5) is 11.0. The average Bonchev–Trinajstić information content (AvgIpc) is 3.34. The van der Waals surface area contributed by atoms with Crippen molar-refractivity contribution in [3.05, 3.63) is 78.6 Å². The lowest BCUT2D eigenvalue weighted by molar-refractivity contribution is 0.520. The Morgan fingerprint density at radius 2 is 1.54 bits per heavy atom. The van der Waals surface area contributed by atoms with Crippen LogP contribution in [0.3, 0.4) is 0 Å². The minimum Gasteiger partial charge on any atom is -0.440 e. The van der Waals surface area contributed by atoms with Crippen LogP contribution in [-0.4, -0.2) is 15.0 Å². The summed E-state index contributed by atoms with van der Waals surface area (Å²) in [5.41, 5.74) is 4.47. The number of nitrogens with one attached hydrogen (secondary N) is 2. The van der Waals surface area contributed by atoms with E-state index in [9.17, 15) is 0 Å². The molecule has 3 aromatic heterocycles. The molecule has 0 aliphatic rings. The third kappa shape index (κ3) is 2.04. The average molecular weight is 313 g/mol. The second-order valence-corrected chi connectivity index (χ2v) is 5.90. The third-order valence-corrected chi connectivity index (χ3v) is 4.42. The Morgan fingerprint density at radius 3 is 2.42 bits per heavy atom. The van der Waals surface area contributed by atoms with Gasteiger partial charge < -0.3 is 14.4 Å². The number of rotatable bonds is 3. The lowest BCUT2D eigenvalue weighted by Crippen LogP contribution is -1.85. The van der Waals surface area contributed by atoms with E-state index in [1.165, 1.54) is 10.9 Å². The van der Waals surface area contributed by atoms with E-state index in [0.29, 0.717) is 6.42 Å². The molecule has 0 unspecified atom stereocenters. The van der Waals surface area contributed by atoms with E-state index < -0.39 is 0 Å². The highest BCUT2D eigenvalue weighted by molar-refractivity contribution is 5.94. The van der Waals surface area contributed by atoms with Gasteiger partial charge in [0.2, 0.25) is 0 Å². The third-order valence-electron chi connectivity index (χ3n) is 4.42. The molecular formula is C20H15N3O. The molecule has 0 atom stereocenters. The molecule has 2 N–H and O–H groups in total. The lowest BCUT2D eigenvalue weighted by atomic mass is 10.1. The van der Waals surface area contributed by atoms with Gasteiger partial charge >= 0.3 is 0 Å². The van der Waals surface area contributed by atoms with Crippen molar-refractivity contribution >= 4 is 21.8 Å². The molecule has 0 radical (unpaired) electrons. The van der Waals surface area contributed by atoms with Crippen molar-refractivity contribution in [2.45, 2.75) is 6.42 Å². The van der Waals surface area contributed by atoms with Crippen LogP contribution >= 0.6 is 0 Å². The van der Waals surface area contributed by atoms with E-state index in [-0.39, 0.29) is 0 Å². The van der Waals surface area contributed by atoms with Crippen LogP contribution in [0.25, 0.3) is 33.1 Å². The predicted octanol–water partition coefficient (Wildman–Crippen LogP) is 4.90. The Hall–Kier alpha value is -3.27. The number of para-hydroxylation sites is 2. The Balaban J connectivity index is 1.51. The molecular weight excluding hydrogens is 298 g/mol. The quantitative estimate of drug-likeness (QED) is 0.498. The Bertz CT molecular complexity index is 1150. The van der Waals surface area contributed by atoms with Gasteiger partial charge in [-0.05, 0) is 17.7 Å². The first kappa shape index (κ1) is 13.2. The van der Waals surface area contributed by atoms with Gasteiger partial charge in [-0.1, -0.05) is 36.4 Å². The number of aromatic amines is 2. The maximum atomic E-state index is 6.01. The van der Waals surface area contributed by atoms with E-state index in [0.717, 1.165) is 33.6 Å². The molecule has 0 saturated heterocycles. The van der Waals surface area contributed by atoms with Crippen molar-refractivity contribution in [1.29, 1.82) is 0 Å². The van der Waals surface area contributed by atoms with Crippen molar-refractivity contribution in [1.82, 2.24) is 15.0 Å². The minimum atomic E-state index is 0.673. The molecule has 0 bridgehead atoms.